The van der Waals surface area contributed by atoms with Crippen LogP contribution in [0.3, 0.4) is 0 Å². The van der Waals surface area contributed by atoms with Crippen LogP contribution in [0.25, 0.3) is 0 Å². The third-order valence-electron chi connectivity index (χ3n) is 6.54. The highest BCUT2D eigenvalue weighted by Crippen LogP contribution is 2.41. The summed E-state index contributed by atoms with van der Waals surface area (Å²) in [6, 6.07) is 3.91. The summed E-state index contributed by atoms with van der Waals surface area (Å²) in [6.07, 6.45) is 6.32. The molecular formula is C18H27ClN4O. The Balaban J connectivity index is 1.31. The van der Waals surface area contributed by atoms with E-state index in [4.69, 9.17) is 16.9 Å². The van der Waals surface area contributed by atoms with Crippen LogP contribution in [0.1, 0.15) is 45.4 Å². The van der Waals surface area contributed by atoms with Gasteiger partial charge in [-0.15, -0.1) is 11.6 Å². The number of urea groups is 1. The molecule has 6 atom stereocenters. The van der Waals surface area contributed by atoms with Gasteiger partial charge in [-0.2, -0.15) is 5.26 Å². The van der Waals surface area contributed by atoms with E-state index in [-0.39, 0.29) is 23.4 Å². The molecule has 0 aromatic heterocycles. The lowest BCUT2D eigenvalue weighted by molar-refractivity contribution is -0.0136. The molecule has 0 spiro atoms. The topological polar surface area (TPSA) is 59.4 Å². The van der Waals surface area contributed by atoms with Crippen LogP contribution in [0.15, 0.2) is 0 Å². The van der Waals surface area contributed by atoms with Gasteiger partial charge in [-0.3, -0.25) is 4.90 Å². The van der Waals surface area contributed by atoms with Gasteiger partial charge in [0, 0.05) is 42.6 Å². The van der Waals surface area contributed by atoms with E-state index in [1.54, 1.807) is 0 Å². The number of alkyl halides is 1. The van der Waals surface area contributed by atoms with Gasteiger partial charge >= 0.3 is 6.03 Å². The summed E-state index contributed by atoms with van der Waals surface area (Å²) in [4.78, 5) is 17.1. The lowest BCUT2D eigenvalue weighted by Gasteiger charge is -2.55. The average Bonchev–Trinajstić information content (AvgIpc) is 2.48. The molecule has 132 valence electrons. The van der Waals surface area contributed by atoms with Crippen LogP contribution in [0, 0.1) is 23.2 Å². The average molecular weight is 351 g/mol. The normalized spacial score (nSPS) is 42.6. The highest BCUT2D eigenvalue weighted by atomic mass is 35.5. The van der Waals surface area contributed by atoms with E-state index in [0.717, 1.165) is 51.1 Å². The molecule has 2 saturated carbocycles. The molecule has 3 heterocycles. The van der Waals surface area contributed by atoms with Crippen molar-refractivity contribution in [2.24, 2.45) is 11.8 Å². The van der Waals surface area contributed by atoms with Gasteiger partial charge in [-0.25, -0.2) is 4.79 Å². The number of fused-ring (bicyclic) bond motifs is 2. The summed E-state index contributed by atoms with van der Waals surface area (Å²) in [6.45, 7) is 3.96. The van der Waals surface area contributed by atoms with E-state index < -0.39 is 0 Å². The summed E-state index contributed by atoms with van der Waals surface area (Å²) >= 11 is 6.53. The minimum absolute atomic E-state index is 0.137. The largest absolute Gasteiger partial charge is 0.335 e. The van der Waals surface area contributed by atoms with Gasteiger partial charge in [0.25, 0.3) is 0 Å². The van der Waals surface area contributed by atoms with E-state index in [0.29, 0.717) is 18.1 Å². The molecule has 3 saturated heterocycles. The van der Waals surface area contributed by atoms with Crippen molar-refractivity contribution in [2.45, 2.75) is 75.0 Å². The van der Waals surface area contributed by atoms with E-state index in [1.165, 1.54) is 6.42 Å². The second-order valence-electron chi connectivity index (χ2n) is 8.35. The lowest BCUT2D eigenvalue weighted by atomic mass is 9.74. The van der Waals surface area contributed by atoms with E-state index in [2.05, 4.69) is 28.1 Å². The Bertz CT molecular complexity index is 532. The summed E-state index contributed by atoms with van der Waals surface area (Å²) in [5.74, 6) is 0.916. The lowest BCUT2D eigenvalue weighted by Crippen LogP contribution is -2.66. The van der Waals surface area contributed by atoms with Gasteiger partial charge in [-0.1, -0.05) is 6.92 Å². The Morgan fingerprint density at radius 3 is 2.54 bits per heavy atom. The predicted molar refractivity (Wildman–Crippen MR) is 92.7 cm³/mol. The maximum atomic E-state index is 12.7. The zero-order chi connectivity index (χ0) is 16.8. The molecule has 1 N–H and O–H groups in total. The molecule has 0 radical (unpaired) electrons. The number of amides is 2. The van der Waals surface area contributed by atoms with Crippen LogP contribution < -0.4 is 5.32 Å². The number of nitriles is 1. The quantitative estimate of drug-likeness (QED) is 0.778. The SMILES string of the molecule is CC1CC2C[C@@H](C1)N2C(=O)NC1CCC(Cl)C(N2CC(C#N)C2)C1. The molecule has 5 nitrogen and oxygen atoms in total. The maximum absolute atomic E-state index is 12.7. The fourth-order valence-corrected chi connectivity index (χ4v) is 5.60. The first kappa shape index (κ1) is 16.5. The molecule has 5 fully saturated rings. The van der Waals surface area contributed by atoms with Crippen LogP contribution in [0.2, 0.25) is 0 Å². The first-order valence-electron chi connectivity index (χ1n) is 9.41. The van der Waals surface area contributed by atoms with Crippen molar-refractivity contribution in [1.29, 1.82) is 5.26 Å². The number of carbonyl (C=O) groups excluding carboxylic acids is 1. The number of nitrogens with zero attached hydrogens (tertiary/aromatic N) is 3. The van der Waals surface area contributed by atoms with Gasteiger partial charge in [0.05, 0.1) is 12.0 Å². The Hall–Kier alpha value is -0.990. The van der Waals surface area contributed by atoms with Crippen molar-refractivity contribution in [3.05, 3.63) is 0 Å². The molecule has 2 aliphatic carbocycles. The fourth-order valence-electron chi connectivity index (χ4n) is 5.21. The van der Waals surface area contributed by atoms with Gasteiger partial charge < -0.3 is 10.2 Å². The number of likely N-dealkylation sites (tertiary alicyclic amines) is 1. The van der Waals surface area contributed by atoms with Gasteiger partial charge in [-0.05, 0) is 44.4 Å². The molecule has 5 rings (SSSR count). The number of hydrogen-bond acceptors (Lipinski definition) is 3. The molecule has 5 aliphatic rings. The number of piperidine rings is 1. The number of hydrogen-bond donors (Lipinski definition) is 1. The Morgan fingerprint density at radius 2 is 1.88 bits per heavy atom. The van der Waals surface area contributed by atoms with Gasteiger partial charge in [0.2, 0.25) is 0 Å². The van der Waals surface area contributed by atoms with E-state index in [9.17, 15) is 4.79 Å². The molecule has 3 aliphatic heterocycles. The van der Waals surface area contributed by atoms with Crippen molar-refractivity contribution in [2.75, 3.05) is 13.1 Å². The summed E-state index contributed by atoms with van der Waals surface area (Å²) < 4.78 is 0. The van der Waals surface area contributed by atoms with Crippen LogP contribution in [-0.2, 0) is 0 Å². The predicted octanol–water partition coefficient (Wildman–Crippen LogP) is 2.55. The second-order valence-corrected chi connectivity index (χ2v) is 8.91. The number of nitrogens with one attached hydrogen (secondary N) is 1. The minimum Gasteiger partial charge on any atom is -0.335 e. The molecule has 2 amide bonds. The molecule has 24 heavy (non-hydrogen) atoms. The first-order chi connectivity index (χ1) is 11.5. The van der Waals surface area contributed by atoms with Gasteiger partial charge in [0.1, 0.15) is 0 Å². The summed E-state index contributed by atoms with van der Waals surface area (Å²) in [5.41, 5.74) is 0. The Morgan fingerprint density at radius 1 is 1.17 bits per heavy atom. The Kier molecular flexibility index (Phi) is 4.38. The molecule has 2 bridgehead atoms. The van der Waals surface area contributed by atoms with Crippen molar-refractivity contribution < 1.29 is 4.79 Å². The summed E-state index contributed by atoms with van der Waals surface area (Å²) in [7, 11) is 0. The van der Waals surface area contributed by atoms with E-state index in [1.807, 2.05) is 0 Å². The van der Waals surface area contributed by atoms with Crippen molar-refractivity contribution >= 4 is 17.6 Å². The van der Waals surface area contributed by atoms with Gasteiger partial charge in [0.15, 0.2) is 0 Å². The molecule has 0 aromatic rings. The highest BCUT2D eigenvalue weighted by molar-refractivity contribution is 6.21. The number of rotatable bonds is 2. The maximum Gasteiger partial charge on any atom is 0.318 e. The fraction of sp³-hybridized carbons (Fsp3) is 0.889. The third-order valence-corrected chi connectivity index (χ3v) is 7.05. The van der Waals surface area contributed by atoms with E-state index >= 15 is 0 Å². The van der Waals surface area contributed by atoms with Crippen molar-refractivity contribution in [3.8, 4) is 6.07 Å². The van der Waals surface area contributed by atoms with Crippen LogP contribution in [0.5, 0.6) is 0 Å². The second kappa shape index (κ2) is 6.38. The van der Waals surface area contributed by atoms with Crippen LogP contribution >= 0.6 is 11.6 Å². The molecule has 6 heteroatoms. The molecule has 0 aromatic carbocycles. The number of carbonyl (C=O) groups is 1. The van der Waals surface area contributed by atoms with Crippen LogP contribution in [0.4, 0.5) is 4.79 Å². The monoisotopic (exact) mass is 350 g/mol. The first-order valence-corrected chi connectivity index (χ1v) is 9.85. The molecular weight excluding hydrogens is 324 g/mol. The van der Waals surface area contributed by atoms with Crippen LogP contribution in [-0.4, -0.2) is 58.5 Å². The smallest absolute Gasteiger partial charge is 0.318 e. The zero-order valence-corrected chi connectivity index (χ0v) is 15.1. The molecule has 5 unspecified atom stereocenters. The minimum atomic E-state index is 0.137. The van der Waals surface area contributed by atoms with Crippen molar-refractivity contribution in [3.63, 3.8) is 0 Å². The summed E-state index contributed by atoms with van der Waals surface area (Å²) in [5, 5.41) is 12.4. The number of halogens is 1. The third kappa shape index (κ3) is 2.88. The standard InChI is InChI=1S/C18H27ClN4O/c1-11-4-14-7-15(5-11)23(14)18(24)21-13-2-3-16(19)17(6-13)22-9-12(8-20)10-22/h11-17H,2-7,9-10H2,1H3,(H,21,24)/t11?,13?,14-,15?,16?,17?/m1/s1. The Labute approximate surface area is 149 Å². The van der Waals surface area contributed by atoms with Crippen molar-refractivity contribution in [1.82, 2.24) is 15.1 Å². The zero-order valence-electron chi connectivity index (χ0n) is 14.3. The highest BCUT2D eigenvalue weighted by Gasteiger charge is 2.47.